The van der Waals surface area contributed by atoms with E-state index in [-0.39, 0.29) is 12.8 Å². The molecule has 0 rings (SSSR count). The van der Waals surface area contributed by atoms with E-state index in [9.17, 15) is 19.2 Å². The molecule has 0 aliphatic heterocycles. The highest BCUT2D eigenvalue weighted by atomic mass is 16.4. The number of hydrogen-bond acceptors (Lipinski definition) is 5. The van der Waals surface area contributed by atoms with Gasteiger partial charge in [0.05, 0.1) is 0 Å². The Bertz CT molecular complexity index is 455. The van der Waals surface area contributed by atoms with E-state index in [1.54, 1.807) is 0 Å². The first-order chi connectivity index (χ1) is 10.6. The second-order valence-corrected chi connectivity index (χ2v) is 5.30. The molecule has 2 amide bonds. The third-order valence-electron chi connectivity index (χ3n) is 3.25. The summed E-state index contributed by atoms with van der Waals surface area (Å²) in [6.45, 7) is 1.55. The van der Waals surface area contributed by atoms with Crippen LogP contribution < -0.4 is 16.4 Å². The van der Waals surface area contributed by atoms with Crippen LogP contribution in [0.15, 0.2) is 0 Å². The summed E-state index contributed by atoms with van der Waals surface area (Å²) in [4.78, 5) is 44.7. The molecule has 7 N–H and O–H groups in total. The van der Waals surface area contributed by atoms with Gasteiger partial charge in [0, 0.05) is 6.42 Å². The van der Waals surface area contributed by atoms with Crippen molar-refractivity contribution in [2.45, 2.75) is 50.6 Å². The first-order valence-corrected chi connectivity index (χ1v) is 7.09. The lowest BCUT2D eigenvalue weighted by Gasteiger charge is -2.26. The number of aliphatic carboxylic acids is 3. The highest BCUT2D eigenvalue weighted by Crippen LogP contribution is 2.13. The number of urea groups is 1. The molecule has 0 aromatic heterocycles. The molecule has 132 valence electrons. The average molecular weight is 333 g/mol. The minimum Gasteiger partial charge on any atom is -0.481 e. The van der Waals surface area contributed by atoms with Crippen molar-refractivity contribution < 1.29 is 34.5 Å². The summed E-state index contributed by atoms with van der Waals surface area (Å²) in [5.74, 6) is -3.87. The van der Waals surface area contributed by atoms with Crippen molar-refractivity contribution in [3.8, 4) is 0 Å². The first-order valence-electron chi connectivity index (χ1n) is 7.09. The Morgan fingerprint density at radius 3 is 2.17 bits per heavy atom. The zero-order valence-electron chi connectivity index (χ0n) is 12.9. The average Bonchev–Trinajstić information content (AvgIpc) is 2.43. The molecule has 0 unspecified atom stereocenters. The lowest BCUT2D eigenvalue weighted by molar-refractivity contribution is -0.145. The lowest BCUT2D eigenvalue weighted by atomic mass is 9.96. The SMILES string of the molecule is C[C@@](CCC(=O)O)(NC(=O)N[C@@H](CCCCN)C(=O)O)C(=O)O. The Balaban J connectivity index is 4.74. The van der Waals surface area contributed by atoms with Crippen molar-refractivity contribution in [2.75, 3.05) is 6.54 Å². The van der Waals surface area contributed by atoms with Gasteiger partial charge in [-0.15, -0.1) is 0 Å². The molecule has 0 saturated heterocycles. The Kier molecular flexibility index (Phi) is 8.63. The van der Waals surface area contributed by atoms with Crippen molar-refractivity contribution >= 4 is 23.9 Å². The van der Waals surface area contributed by atoms with Crippen LogP contribution in [0.25, 0.3) is 0 Å². The fraction of sp³-hybridized carbons (Fsp3) is 0.692. The summed E-state index contributed by atoms with van der Waals surface area (Å²) < 4.78 is 0. The van der Waals surface area contributed by atoms with Gasteiger partial charge in [-0.3, -0.25) is 4.79 Å². The largest absolute Gasteiger partial charge is 0.481 e. The first kappa shape index (κ1) is 20.6. The molecule has 0 aliphatic rings. The summed E-state index contributed by atoms with van der Waals surface area (Å²) in [6, 6.07) is -2.17. The third-order valence-corrected chi connectivity index (χ3v) is 3.25. The summed E-state index contributed by atoms with van der Waals surface area (Å²) in [5.41, 5.74) is 3.49. The van der Waals surface area contributed by atoms with Crippen LogP contribution in [-0.2, 0) is 14.4 Å². The van der Waals surface area contributed by atoms with Crippen LogP contribution in [-0.4, -0.2) is 57.4 Å². The Morgan fingerprint density at radius 1 is 1.13 bits per heavy atom. The molecule has 0 saturated carbocycles. The fourth-order valence-corrected chi connectivity index (χ4v) is 1.77. The van der Waals surface area contributed by atoms with Crippen LogP contribution in [0.3, 0.4) is 0 Å². The number of nitrogens with one attached hydrogen (secondary N) is 2. The number of nitrogens with two attached hydrogens (primary N) is 1. The fourth-order valence-electron chi connectivity index (χ4n) is 1.77. The lowest BCUT2D eigenvalue weighted by Crippen LogP contribution is -2.57. The summed E-state index contributed by atoms with van der Waals surface area (Å²) in [6.07, 6.45) is 0.443. The van der Waals surface area contributed by atoms with Gasteiger partial charge in [0.1, 0.15) is 11.6 Å². The predicted molar refractivity (Wildman–Crippen MR) is 78.9 cm³/mol. The third kappa shape index (κ3) is 8.00. The van der Waals surface area contributed by atoms with E-state index in [1.165, 1.54) is 0 Å². The molecule has 10 heteroatoms. The standard InChI is InChI=1S/C13H23N3O7/c1-13(11(21)22,6-5-9(17)18)16-12(23)15-8(10(19)20)4-2-3-7-14/h8H,2-7,14H2,1H3,(H,17,18)(H,19,20)(H,21,22)(H2,15,16,23)/t8-,13-/m0/s1. The molecule has 0 heterocycles. The van der Waals surface area contributed by atoms with E-state index >= 15 is 0 Å². The number of carbonyl (C=O) groups excluding carboxylic acids is 1. The normalized spacial score (nSPS) is 14.3. The maximum absolute atomic E-state index is 11.8. The predicted octanol–water partition coefficient (Wildman–Crippen LogP) is -0.424. The number of carboxylic acids is 3. The topological polar surface area (TPSA) is 179 Å². The minimum absolute atomic E-state index is 0.152. The van der Waals surface area contributed by atoms with Crippen LogP contribution in [0.5, 0.6) is 0 Å². The number of rotatable bonds is 11. The molecule has 0 fully saturated rings. The maximum Gasteiger partial charge on any atom is 0.329 e. The smallest absolute Gasteiger partial charge is 0.329 e. The molecule has 0 aromatic rings. The van der Waals surface area contributed by atoms with Crippen molar-refractivity contribution in [1.82, 2.24) is 10.6 Å². The number of carbonyl (C=O) groups is 4. The molecule has 0 spiro atoms. The second kappa shape index (κ2) is 9.62. The molecule has 0 aliphatic carbocycles. The number of hydrogen-bond donors (Lipinski definition) is 6. The van der Waals surface area contributed by atoms with Crippen LogP contribution in [0, 0.1) is 0 Å². The van der Waals surface area contributed by atoms with Crippen molar-refractivity contribution in [2.24, 2.45) is 5.73 Å². The van der Waals surface area contributed by atoms with E-state index in [1.807, 2.05) is 0 Å². The monoisotopic (exact) mass is 333 g/mol. The Hall–Kier alpha value is -2.36. The highest BCUT2D eigenvalue weighted by molar-refractivity contribution is 5.88. The van der Waals surface area contributed by atoms with E-state index in [0.717, 1.165) is 6.92 Å². The molecule has 23 heavy (non-hydrogen) atoms. The molecule has 2 atom stereocenters. The minimum atomic E-state index is -1.82. The maximum atomic E-state index is 11.8. The molecule has 0 aromatic carbocycles. The number of unbranched alkanes of at least 4 members (excludes halogenated alkanes) is 1. The summed E-state index contributed by atoms with van der Waals surface area (Å²) in [7, 11) is 0. The van der Waals surface area contributed by atoms with Gasteiger partial charge >= 0.3 is 23.9 Å². The Labute approximate surface area is 133 Å². The zero-order valence-corrected chi connectivity index (χ0v) is 12.9. The molecule has 0 radical (unpaired) electrons. The van der Waals surface area contributed by atoms with Crippen molar-refractivity contribution in [3.63, 3.8) is 0 Å². The second-order valence-electron chi connectivity index (χ2n) is 5.30. The Morgan fingerprint density at radius 2 is 1.74 bits per heavy atom. The van der Waals surface area contributed by atoms with E-state index in [2.05, 4.69) is 10.6 Å². The van der Waals surface area contributed by atoms with Crippen LogP contribution in [0.4, 0.5) is 4.79 Å². The van der Waals surface area contributed by atoms with Gasteiger partial charge in [0.2, 0.25) is 0 Å². The molecule has 10 nitrogen and oxygen atoms in total. The van der Waals surface area contributed by atoms with Gasteiger partial charge < -0.3 is 31.7 Å². The number of amides is 2. The van der Waals surface area contributed by atoms with Crippen LogP contribution in [0.1, 0.15) is 39.0 Å². The van der Waals surface area contributed by atoms with Gasteiger partial charge in [0.25, 0.3) is 0 Å². The van der Waals surface area contributed by atoms with Crippen molar-refractivity contribution in [3.05, 3.63) is 0 Å². The zero-order chi connectivity index (χ0) is 18.0. The molecular formula is C13H23N3O7. The molecule has 0 bridgehead atoms. The van der Waals surface area contributed by atoms with Crippen LogP contribution >= 0.6 is 0 Å². The molecular weight excluding hydrogens is 310 g/mol. The van der Waals surface area contributed by atoms with Gasteiger partial charge in [-0.25, -0.2) is 14.4 Å². The van der Waals surface area contributed by atoms with Gasteiger partial charge in [-0.2, -0.15) is 0 Å². The van der Waals surface area contributed by atoms with Gasteiger partial charge in [0.15, 0.2) is 0 Å². The highest BCUT2D eigenvalue weighted by Gasteiger charge is 2.36. The van der Waals surface area contributed by atoms with Crippen molar-refractivity contribution in [1.29, 1.82) is 0 Å². The van der Waals surface area contributed by atoms with E-state index < -0.39 is 41.9 Å². The van der Waals surface area contributed by atoms with E-state index in [4.69, 9.17) is 21.1 Å². The van der Waals surface area contributed by atoms with Gasteiger partial charge in [-0.05, 0) is 39.2 Å². The van der Waals surface area contributed by atoms with E-state index in [0.29, 0.717) is 19.4 Å². The number of carboxylic acid groups (broad SMARTS) is 3. The van der Waals surface area contributed by atoms with Crippen LogP contribution in [0.2, 0.25) is 0 Å². The summed E-state index contributed by atoms with van der Waals surface area (Å²) >= 11 is 0. The summed E-state index contributed by atoms with van der Waals surface area (Å²) in [5, 5.41) is 31.1. The quantitative estimate of drug-likeness (QED) is 0.276. The van der Waals surface area contributed by atoms with Gasteiger partial charge in [-0.1, -0.05) is 0 Å².